The van der Waals surface area contributed by atoms with Crippen molar-refractivity contribution in [1.29, 1.82) is 0 Å². The fourth-order valence-electron chi connectivity index (χ4n) is 3.02. The molecule has 0 bridgehead atoms. The third-order valence-corrected chi connectivity index (χ3v) is 4.37. The summed E-state index contributed by atoms with van der Waals surface area (Å²) in [5.41, 5.74) is 6.79. The van der Waals surface area contributed by atoms with Gasteiger partial charge in [-0.1, -0.05) is 18.2 Å². The molecule has 1 fully saturated rings. The maximum absolute atomic E-state index is 12.9. The summed E-state index contributed by atoms with van der Waals surface area (Å²) in [4.78, 5) is 28.7. The number of nitrogens with two attached hydrogens (primary N) is 1. The molecule has 134 valence electrons. The van der Waals surface area contributed by atoms with Crippen molar-refractivity contribution >= 4 is 29.9 Å². The van der Waals surface area contributed by atoms with Gasteiger partial charge in [0.2, 0.25) is 5.91 Å². The van der Waals surface area contributed by atoms with Gasteiger partial charge in [-0.05, 0) is 31.0 Å². The summed E-state index contributed by atoms with van der Waals surface area (Å²) in [6.07, 6.45) is 2.90. The van der Waals surface area contributed by atoms with Gasteiger partial charge >= 0.3 is 0 Å². The maximum Gasteiger partial charge on any atom is 0.257 e. The molecule has 1 aromatic heterocycles. The molecule has 2 heterocycles. The molecule has 1 aromatic carbocycles. The molecular formula is C18H22ClN3O3. The average molecular weight is 364 g/mol. The summed E-state index contributed by atoms with van der Waals surface area (Å²) in [5, 5.41) is 0. The number of benzene rings is 1. The van der Waals surface area contributed by atoms with E-state index in [0.717, 1.165) is 12.1 Å². The molecule has 2 amide bonds. The van der Waals surface area contributed by atoms with E-state index in [1.165, 1.54) is 11.2 Å². The highest BCUT2D eigenvalue weighted by Crippen LogP contribution is 2.24. The van der Waals surface area contributed by atoms with Crippen LogP contribution in [0.2, 0.25) is 0 Å². The van der Waals surface area contributed by atoms with Crippen LogP contribution in [0, 0.1) is 0 Å². The van der Waals surface area contributed by atoms with Gasteiger partial charge in [0.15, 0.2) is 0 Å². The number of anilines is 1. The molecule has 2 aromatic rings. The van der Waals surface area contributed by atoms with Crippen LogP contribution in [0.4, 0.5) is 5.69 Å². The highest BCUT2D eigenvalue weighted by molar-refractivity contribution is 6.02. The van der Waals surface area contributed by atoms with Gasteiger partial charge in [0, 0.05) is 19.3 Å². The van der Waals surface area contributed by atoms with Crippen LogP contribution < -0.4 is 10.6 Å². The lowest BCUT2D eigenvalue weighted by Crippen LogP contribution is -2.53. The predicted octanol–water partition coefficient (Wildman–Crippen LogP) is 2.43. The molecule has 1 atom stereocenters. The minimum Gasteiger partial charge on any atom is -0.467 e. The van der Waals surface area contributed by atoms with E-state index in [-0.39, 0.29) is 30.8 Å². The molecule has 2 N–H and O–H groups in total. The van der Waals surface area contributed by atoms with Crippen LogP contribution in [0.5, 0.6) is 0 Å². The van der Waals surface area contributed by atoms with Crippen LogP contribution in [-0.2, 0) is 11.3 Å². The van der Waals surface area contributed by atoms with Gasteiger partial charge in [-0.25, -0.2) is 0 Å². The monoisotopic (exact) mass is 363 g/mol. The SMILES string of the molecule is CN(C(=O)c1coc(CN)c1)C1CCCN(c2ccccc2)C1=O.Cl. The highest BCUT2D eigenvalue weighted by Gasteiger charge is 2.35. The summed E-state index contributed by atoms with van der Waals surface area (Å²) < 4.78 is 5.22. The number of hydrogen-bond acceptors (Lipinski definition) is 4. The van der Waals surface area contributed by atoms with E-state index in [1.807, 2.05) is 30.3 Å². The topological polar surface area (TPSA) is 79.8 Å². The Hall–Kier alpha value is -2.31. The first-order chi connectivity index (χ1) is 11.6. The molecule has 0 saturated carbocycles. The Bertz CT molecular complexity index is 732. The summed E-state index contributed by atoms with van der Waals surface area (Å²) in [5.74, 6) is 0.269. The lowest BCUT2D eigenvalue weighted by Gasteiger charge is -2.36. The second kappa shape index (κ2) is 8.18. The van der Waals surface area contributed by atoms with Gasteiger partial charge in [-0.2, -0.15) is 0 Å². The molecular weight excluding hydrogens is 342 g/mol. The molecule has 7 heteroatoms. The molecule has 1 saturated heterocycles. The van der Waals surface area contributed by atoms with Gasteiger partial charge in [0.25, 0.3) is 5.91 Å². The van der Waals surface area contributed by atoms with E-state index in [1.54, 1.807) is 18.0 Å². The van der Waals surface area contributed by atoms with E-state index < -0.39 is 6.04 Å². The molecule has 0 aliphatic carbocycles. The fourth-order valence-corrected chi connectivity index (χ4v) is 3.02. The molecule has 1 aliphatic heterocycles. The summed E-state index contributed by atoms with van der Waals surface area (Å²) in [6.45, 7) is 0.908. The number of carbonyl (C=O) groups is 2. The van der Waals surface area contributed by atoms with Crippen molar-refractivity contribution in [3.63, 3.8) is 0 Å². The number of nitrogens with zero attached hydrogens (tertiary/aromatic N) is 2. The predicted molar refractivity (Wildman–Crippen MR) is 97.8 cm³/mol. The van der Waals surface area contributed by atoms with Gasteiger partial charge in [0.1, 0.15) is 18.1 Å². The first-order valence-electron chi connectivity index (χ1n) is 8.03. The summed E-state index contributed by atoms with van der Waals surface area (Å²) in [6, 6.07) is 10.7. The van der Waals surface area contributed by atoms with Crippen molar-refractivity contribution < 1.29 is 14.0 Å². The minimum absolute atomic E-state index is 0. The van der Waals surface area contributed by atoms with E-state index in [2.05, 4.69) is 0 Å². The van der Waals surface area contributed by atoms with Crippen LogP contribution in [0.3, 0.4) is 0 Å². The van der Waals surface area contributed by atoms with Crippen LogP contribution in [0.1, 0.15) is 29.0 Å². The maximum atomic E-state index is 12.9. The molecule has 6 nitrogen and oxygen atoms in total. The Morgan fingerprint density at radius 3 is 2.72 bits per heavy atom. The Morgan fingerprint density at radius 2 is 2.08 bits per heavy atom. The van der Waals surface area contributed by atoms with Crippen LogP contribution in [-0.4, -0.2) is 36.3 Å². The van der Waals surface area contributed by atoms with Crippen molar-refractivity contribution in [3.8, 4) is 0 Å². The Labute approximate surface area is 153 Å². The first-order valence-corrected chi connectivity index (χ1v) is 8.03. The van der Waals surface area contributed by atoms with E-state index in [0.29, 0.717) is 24.3 Å². The zero-order chi connectivity index (χ0) is 17.1. The lowest BCUT2D eigenvalue weighted by atomic mass is 10.0. The van der Waals surface area contributed by atoms with Gasteiger partial charge in [-0.3, -0.25) is 9.59 Å². The van der Waals surface area contributed by atoms with Gasteiger partial charge < -0.3 is 20.0 Å². The highest BCUT2D eigenvalue weighted by atomic mass is 35.5. The Balaban J connectivity index is 0.00000225. The molecule has 0 radical (unpaired) electrons. The van der Waals surface area contributed by atoms with Crippen molar-refractivity contribution in [3.05, 3.63) is 54.0 Å². The van der Waals surface area contributed by atoms with Gasteiger partial charge in [-0.15, -0.1) is 12.4 Å². The number of carbonyl (C=O) groups excluding carboxylic acids is 2. The molecule has 25 heavy (non-hydrogen) atoms. The van der Waals surface area contributed by atoms with E-state index in [4.69, 9.17) is 10.2 Å². The van der Waals surface area contributed by atoms with Crippen molar-refractivity contribution in [1.82, 2.24) is 4.90 Å². The smallest absolute Gasteiger partial charge is 0.257 e. The van der Waals surface area contributed by atoms with E-state index in [9.17, 15) is 9.59 Å². The van der Waals surface area contributed by atoms with Gasteiger partial charge in [0.05, 0.1) is 12.1 Å². The fraction of sp³-hybridized carbons (Fsp3) is 0.333. The molecule has 3 rings (SSSR count). The van der Waals surface area contributed by atoms with Crippen LogP contribution in [0.15, 0.2) is 47.1 Å². The summed E-state index contributed by atoms with van der Waals surface area (Å²) in [7, 11) is 1.66. The zero-order valence-electron chi connectivity index (χ0n) is 14.1. The van der Waals surface area contributed by atoms with Crippen LogP contribution >= 0.6 is 12.4 Å². The number of amides is 2. The normalized spacial score (nSPS) is 17.1. The number of likely N-dealkylation sites (N-methyl/N-ethyl adjacent to an activating group) is 1. The second-order valence-electron chi connectivity index (χ2n) is 5.91. The van der Waals surface area contributed by atoms with E-state index >= 15 is 0 Å². The third-order valence-electron chi connectivity index (χ3n) is 4.37. The molecule has 0 spiro atoms. The molecule has 1 unspecified atom stereocenters. The number of furan rings is 1. The number of para-hydroxylation sites is 1. The number of hydrogen-bond donors (Lipinski definition) is 1. The van der Waals surface area contributed by atoms with Crippen molar-refractivity contribution in [2.45, 2.75) is 25.4 Å². The summed E-state index contributed by atoms with van der Waals surface area (Å²) >= 11 is 0. The minimum atomic E-state index is -0.470. The number of piperidine rings is 1. The first kappa shape index (κ1) is 19.0. The largest absolute Gasteiger partial charge is 0.467 e. The van der Waals surface area contributed by atoms with Crippen molar-refractivity contribution in [2.75, 3.05) is 18.5 Å². The average Bonchev–Trinajstić information content (AvgIpc) is 3.10. The standard InChI is InChI=1S/C18H21N3O3.ClH/c1-20(17(22)13-10-15(11-19)24-12-13)16-8-5-9-21(18(16)23)14-6-3-2-4-7-14;/h2-4,6-7,10,12,16H,5,8-9,11,19H2,1H3;1H. The van der Waals surface area contributed by atoms with Crippen LogP contribution in [0.25, 0.3) is 0 Å². The third kappa shape index (κ3) is 3.86. The number of halogens is 1. The molecule has 1 aliphatic rings. The Morgan fingerprint density at radius 1 is 1.36 bits per heavy atom. The quantitative estimate of drug-likeness (QED) is 0.904. The second-order valence-corrected chi connectivity index (χ2v) is 5.91. The Kier molecular flexibility index (Phi) is 6.22. The number of rotatable bonds is 4. The zero-order valence-corrected chi connectivity index (χ0v) is 14.9. The lowest BCUT2D eigenvalue weighted by molar-refractivity contribution is -0.124. The van der Waals surface area contributed by atoms with Crippen molar-refractivity contribution in [2.24, 2.45) is 5.73 Å².